The zero-order chi connectivity index (χ0) is 19.7. The summed E-state index contributed by atoms with van der Waals surface area (Å²) in [4.78, 5) is 12.5. The van der Waals surface area contributed by atoms with Gasteiger partial charge in [-0.2, -0.15) is 4.31 Å². The molecule has 2 atom stereocenters. The Hall–Kier alpha value is -1.09. The molecule has 2 aliphatic heterocycles. The van der Waals surface area contributed by atoms with Crippen LogP contribution in [0.1, 0.15) is 38.7 Å². The van der Waals surface area contributed by atoms with E-state index in [9.17, 15) is 13.2 Å². The maximum absolute atomic E-state index is 12.9. The number of carbonyl (C=O) groups excluding carboxylic acids is 1. The number of benzene rings is 1. The van der Waals surface area contributed by atoms with Gasteiger partial charge in [0.1, 0.15) is 0 Å². The van der Waals surface area contributed by atoms with Gasteiger partial charge in [-0.15, -0.1) is 11.8 Å². The Balaban J connectivity index is 1.60. The number of piperidine rings is 1. The summed E-state index contributed by atoms with van der Waals surface area (Å²) in [6, 6.07) is 6.96. The second kappa shape index (κ2) is 8.11. The van der Waals surface area contributed by atoms with E-state index in [2.05, 4.69) is 10.6 Å². The van der Waals surface area contributed by atoms with Gasteiger partial charge < -0.3 is 5.32 Å². The van der Waals surface area contributed by atoms with Gasteiger partial charge in [0.15, 0.2) is 0 Å². The average molecular weight is 412 g/mol. The number of rotatable bonds is 5. The first kappa shape index (κ1) is 20.6. The smallest absolute Gasteiger partial charge is 0.243 e. The number of nitrogens with one attached hydrogen (secondary N) is 2. The van der Waals surface area contributed by atoms with Gasteiger partial charge in [-0.05, 0) is 45.2 Å². The van der Waals surface area contributed by atoms with Crippen LogP contribution in [0.15, 0.2) is 29.2 Å². The third-order valence-corrected chi connectivity index (χ3v) is 8.96. The van der Waals surface area contributed by atoms with Crippen LogP contribution in [-0.4, -0.2) is 54.4 Å². The van der Waals surface area contributed by atoms with E-state index in [1.165, 1.54) is 0 Å². The lowest BCUT2D eigenvalue weighted by Gasteiger charge is -2.38. The topological polar surface area (TPSA) is 78.5 Å². The van der Waals surface area contributed by atoms with Crippen LogP contribution >= 0.6 is 11.8 Å². The van der Waals surface area contributed by atoms with Crippen molar-refractivity contribution in [3.63, 3.8) is 0 Å². The van der Waals surface area contributed by atoms with Crippen LogP contribution in [0.4, 0.5) is 0 Å². The molecule has 3 rings (SSSR count). The number of amides is 1. The number of nitrogens with zero attached hydrogens (tertiary/aromatic N) is 1. The highest BCUT2D eigenvalue weighted by molar-refractivity contribution is 8.01. The molecule has 1 amide bonds. The standard InChI is InChI=1S/C19H29N3O3S2/c1-4-15(3)20-18(23)17-13-26-19(21-17)9-11-22(12-10-19)27(24,25)16-7-5-14(2)6-8-16/h5-8,15,17,21H,4,9-13H2,1-3H3,(H,20,23)/t15-,17+/m1/s1. The Morgan fingerprint density at radius 3 is 2.56 bits per heavy atom. The van der Waals surface area contributed by atoms with Crippen LogP contribution in [0, 0.1) is 6.92 Å². The first-order valence-corrected chi connectivity index (χ1v) is 12.0. The Morgan fingerprint density at radius 2 is 1.96 bits per heavy atom. The SMILES string of the molecule is CC[C@@H](C)NC(=O)[C@@H]1CSC2(CCN(S(=O)(=O)c3ccc(C)cc3)CC2)N1. The Morgan fingerprint density at radius 1 is 1.33 bits per heavy atom. The van der Waals surface area contributed by atoms with Crippen molar-refractivity contribution in [3.05, 3.63) is 29.8 Å². The summed E-state index contributed by atoms with van der Waals surface area (Å²) in [5, 5.41) is 6.52. The van der Waals surface area contributed by atoms with Crippen LogP contribution in [0.25, 0.3) is 0 Å². The molecular formula is C19H29N3O3S2. The Bertz CT molecular complexity index is 772. The number of aryl methyl sites for hydroxylation is 1. The summed E-state index contributed by atoms with van der Waals surface area (Å²) in [5.74, 6) is 0.774. The van der Waals surface area contributed by atoms with Crippen LogP contribution in [-0.2, 0) is 14.8 Å². The highest BCUT2D eigenvalue weighted by atomic mass is 32.2. The molecule has 0 bridgehead atoms. The minimum absolute atomic E-state index is 0.0448. The molecule has 0 radical (unpaired) electrons. The van der Waals surface area contributed by atoms with Crippen molar-refractivity contribution in [2.24, 2.45) is 0 Å². The first-order valence-electron chi connectivity index (χ1n) is 9.54. The molecule has 1 aromatic rings. The van der Waals surface area contributed by atoms with Crippen LogP contribution in [0.5, 0.6) is 0 Å². The van der Waals surface area contributed by atoms with E-state index in [-0.39, 0.29) is 22.9 Å². The summed E-state index contributed by atoms with van der Waals surface area (Å²) >= 11 is 1.75. The van der Waals surface area contributed by atoms with Crippen molar-refractivity contribution in [3.8, 4) is 0 Å². The molecule has 2 heterocycles. The monoisotopic (exact) mass is 411 g/mol. The number of hydrogen-bond acceptors (Lipinski definition) is 5. The van der Waals surface area contributed by atoms with Gasteiger partial charge in [0.25, 0.3) is 0 Å². The molecule has 2 N–H and O–H groups in total. The Kier molecular flexibility index (Phi) is 6.20. The van der Waals surface area contributed by atoms with Crippen molar-refractivity contribution >= 4 is 27.7 Å². The molecule has 0 aromatic heterocycles. The third kappa shape index (κ3) is 4.50. The molecule has 2 fully saturated rings. The summed E-state index contributed by atoms with van der Waals surface area (Å²) in [6.07, 6.45) is 2.31. The normalized spacial score (nSPS) is 24.0. The summed E-state index contributed by atoms with van der Waals surface area (Å²) < 4.78 is 27.3. The molecule has 2 saturated heterocycles. The molecule has 6 nitrogen and oxygen atoms in total. The van der Waals surface area contributed by atoms with Crippen LogP contribution in [0.2, 0.25) is 0 Å². The summed E-state index contributed by atoms with van der Waals surface area (Å²) in [5.41, 5.74) is 1.04. The van der Waals surface area contributed by atoms with Gasteiger partial charge in [-0.3, -0.25) is 10.1 Å². The lowest BCUT2D eigenvalue weighted by atomic mass is 10.0. The predicted molar refractivity (Wildman–Crippen MR) is 109 cm³/mol. The molecule has 8 heteroatoms. The van der Waals surface area contributed by atoms with Gasteiger partial charge in [-0.1, -0.05) is 24.6 Å². The van der Waals surface area contributed by atoms with E-state index in [0.717, 1.165) is 17.7 Å². The third-order valence-electron chi connectivity index (χ3n) is 5.47. The lowest BCUT2D eigenvalue weighted by molar-refractivity contribution is -0.123. The van der Waals surface area contributed by atoms with Gasteiger partial charge in [0.2, 0.25) is 15.9 Å². The number of hydrogen-bond donors (Lipinski definition) is 2. The highest BCUT2D eigenvalue weighted by Crippen LogP contribution is 2.40. The molecule has 0 aliphatic carbocycles. The maximum Gasteiger partial charge on any atom is 0.243 e. The maximum atomic E-state index is 12.9. The number of sulfonamides is 1. The predicted octanol–water partition coefficient (Wildman–Crippen LogP) is 2.10. The minimum atomic E-state index is -3.46. The molecular weight excluding hydrogens is 382 g/mol. The van der Waals surface area contributed by atoms with E-state index >= 15 is 0 Å². The number of thioether (sulfide) groups is 1. The van der Waals surface area contributed by atoms with E-state index in [1.807, 2.05) is 32.9 Å². The van der Waals surface area contributed by atoms with Crippen molar-refractivity contribution in [1.29, 1.82) is 0 Å². The fourth-order valence-corrected chi connectivity index (χ4v) is 6.32. The van der Waals surface area contributed by atoms with E-state index in [0.29, 0.717) is 30.8 Å². The molecule has 150 valence electrons. The molecule has 1 spiro atoms. The fraction of sp³-hybridized carbons (Fsp3) is 0.632. The van der Waals surface area contributed by atoms with Gasteiger partial charge in [-0.25, -0.2) is 8.42 Å². The van der Waals surface area contributed by atoms with Crippen molar-refractivity contribution in [2.45, 2.75) is 61.9 Å². The minimum Gasteiger partial charge on any atom is -0.352 e. The molecule has 1 aromatic carbocycles. The first-order chi connectivity index (χ1) is 12.8. The van der Waals surface area contributed by atoms with Crippen LogP contribution in [0.3, 0.4) is 0 Å². The Labute approximate surface area is 166 Å². The lowest BCUT2D eigenvalue weighted by Crippen LogP contribution is -2.55. The van der Waals surface area contributed by atoms with Crippen molar-refractivity contribution in [2.75, 3.05) is 18.8 Å². The largest absolute Gasteiger partial charge is 0.352 e. The molecule has 0 saturated carbocycles. The van der Waals surface area contributed by atoms with Gasteiger partial charge in [0, 0.05) is 24.9 Å². The summed E-state index contributed by atoms with van der Waals surface area (Å²) in [6.45, 7) is 6.93. The highest BCUT2D eigenvalue weighted by Gasteiger charge is 2.45. The van der Waals surface area contributed by atoms with E-state index < -0.39 is 10.0 Å². The van der Waals surface area contributed by atoms with E-state index in [4.69, 9.17) is 0 Å². The number of carbonyl (C=O) groups is 1. The zero-order valence-electron chi connectivity index (χ0n) is 16.2. The fourth-order valence-electron chi connectivity index (χ4n) is 3.47. The van der Waals surface area contributed by atoms with Crippen molar-refractivity contribution < 1.29 is 13.2 Å². The van der Waals surface area contributed by atoms with Gasteiger partial charge >= 0.3 is 0 Å². The quantitative estimate of drug-likeness (QED) is 0.776. The van der Waals surface area contributed by atoms with Gasteiger partial charge in [0.05, 0.1) is 15.8 Å². The van der Waals surface area contributed by atoms with Crippen LogP contribution < -0.4 is 10.6 Å². The molecule has 27 heavy (non-hydrogen) atoms. The molecule has 2 aliphatic rings. The zero-order valence-corrected chi connectivity index (χ0v) is 17.8. The second-order valence-corrected chi connectivity index (χ2v) is 10.9. The second-order valence-electron chi connectivity index (χ2n) is 7.54. The molecule has 0 unspecified atom stereocenters. The average Bonchev–Trinajstić information content (AvgIpc) is 3.06. The van der Waals surface area contributed by atoms with E-state index in [1.54, 1.807) is 28.2 Å². The summed E-state index contributed by atoms with van der Waals surface area (Å²) in [7, 11) is -3.46. The van der Waals surface area contributed by atoms with Crippen molar-refractivity contribution in [1.82, 2.24) is 14.9 Å².